The Kier molecular flexibility index (Phi) is 3.22. The van der Waals surface area contributed by atoms with Gasteiger partial charge in [-0.1, -0.05) is 0 Å². The monoisotopic (exact) mass is 277 g/mol. The lowest BCUT2D eigenvalue weighted by Gasteiger charge is -2.05. The third-order valence-corrected chi connectivity index (χ3v) is 2.43. The third kappa shape index (κ3) is 2.10. The molecule has 2 aromatic rings. The molecule has 0 unspecified atom stereocenters. The van der Waals surface area contributed by atoms with Crippen LogP contribution in [0.25, 0.3) is 11.4 Å². The van der Waals surface area contributed by atoms with Gasteiger partial charge in [-0.25, -0.2) is 14.4 Å². The molecule has 0 fully saturated rings. The van der Waals surface area contributed by atoms with Crippen molar-refractivity contribution in [2.24, 2.45) is 0 Å². The summed E-state index contributed by atoms with van der Waals surface area (Å²) in [6.45, 7) is 0. The van der Waals surface area contributed by atoms with E-state index in [-0.39, 0.29) is 11.4 Å². The summed E-state index contributed by atoms with van der Waals surface area (Å²) in [6.07, 6.45) is 0.982. The van der Waals surface area contributed by atoms with Gasteiger partial charge in [-0.15, -0.1) is 0 Å². The number of aromatic nitrogens is 2. The first-order valence-corrected chi connectivity index (χ1v) is 5.11. The first-order chi connectivity index (χ1) is 9.45. The van der Waals surface area contributed by atoms with Gasteiger partial charge in [0.05, 0.1) is 16.7 Å². The predicted octanol–water partition coefficient (Wildman–Crippen LogP) is 1.78. The molecule has 0 saturated heterocycles. The zero-order chi connectivity index (χ0) is 14.9. The molecule has 0 atom stereocenters. The lowest BCUT2D eigenvalue weighted by Crippen LogP contribution is -2.03. The quantitative estimate of drug-likeness (QED) is 0.660. The molecule has 9 heteroatoms. The lowest BCUT2D eigenvalue weighted by atomic mass is 10.1. The highest BCUT2D eigenvalue weighted by atomic mass is 19.1. The summed E-state index contributed by atoms with van der Waals surface area (Å²) in [5.41, 5.74) is 3.67. The van der Waals surface area contributed by atoms with Crippen molar-refractivity contribution >= 4 is 11.5 Å². The topological polar surface area (TPSA) is 119 Å². The van der Waals surface area contributed by atoms with Gasteiger partial charge in [-0.05, 0) is 6.07 Å². The van der Waals surface area contributed by atoms with Crippen molar-refractivity contribution in [3.8, 4) is 17.5 Å². The van der Waals surface area contributed by atoms with Crippen LogP contribution >= 0.6 is 0 Å². The molecule has 0 aliphatic carbocycles. The Labute approximate surface area is 110 Å². The predicted molar refractivity (Wildman–Crippen MR) is 63.2 cm³/mol. The van der Waals surface area contributed by atoms with E-state index in [9.17, 15) is 18.9 Å². The van der Waals surface area contributed by atoms with E-state index < -0.39 is 33.6 Å². The molecule has 1 heterocycles. The summed E-state index contributed by atoms with van der Waals surface area (Å²) < 4.78 is 27.6. The first kappa shape index (κ1) is 13.3. The highest BCUT2D eigenvalue weighted by Crippen LogP contribution is 2.30. The fraction of sp³-hybridized carbons (Fsp3) is 0. The molecule has 1 aromatic carbocycles. The molecule has 1 aromatic heterocycles. The zero-order valence-corrected chi connectivity index (χ0v) is 9.67. The molecule has 0 aliphatic rings. The molecule has 2 rings (SSSR count). The van der Waals surface area contributed by atoms with Crippen LogP contribution < -0.4 is 5.73 Å². The van der Waals surface area contributed by atoms with Gasteiger partial charge in [0.2, 0.25) is 5.82 Å². The summed E-state index contributed by atoms with van der Waals surface area (Å²) >= 11 is 0. The van der Waals surface area contributed by atoms with Crippen LogP contribution in [0.4, 0.5) is 20.3 Å². The highest BCUT2D eigenvalue weighted by molar-refractivity contribution is 5.64. The molecule has 20 heavy (non-hydrogen) atoms. The molecule has 0 saturated carbocycles. The molecular formula is C11H5F2N5O2. The number of anilines is 1. The molecule has 0 spiro atoms. The second-order valence-corrected chi connectivity index (χ2v) is 3.62. The van der Waals surface area contributed by atoms with Gasteiger partial charge in [-0.3, -0.25) is 10.1 Å². The van der Waals surface area contributed by atoms with Crippen molar-refractivity contribution in [2.75, 3.05) is 5.73 Å². The zero-order valence-electron chi connectivity index (χ0n) is 9.67. The molecule has 0 radical (unpaired) electrons. The van der Waals surface area contributed by atoms with E-state index in [2.05, 4.69) is 9.97 Å². The van der Waals surface area contributed by atoms with Crippen LogP contribution in [-0.2, 0) is 0 Å². The van der Waals surface area contributed by atoms with Crippen LogP contribution in [0.1, 0.15) is 5.56 Å². The Morgan fingerprint density at radius 2 is 2.10 bits per heavy atom. The SMILES string of the molecule is N#Cc1cnc(-c2c(F)ccc([N+](=O)[O-])c2F)nc1N. The van der Waals surface area contributed by atoms with E-state index in [1.165, 1.54) is 0 Å². The minimum Gasteiger partial charge on any atom is -0.382 e. The Morgan fingerprint density at radius 3 is 2.65 bits per heavy atom. The number of rotatable bonds is 2. The maximum atomic E-state index is 13.9. The fourth-order valence-electron chi connectivity index (χ4n) is 1.49. The number of nitrogen functional groups attached to an aromatic ring is 1. The molecule has 7 nitrogen and oxygen atoms in total. The molecule has 2 N–H and O–H groups in total. The number of nitrogens with zero attached hydrogens (tertiary/aromatic N) is 4. The normalized spacial score (nSPS) is 10.1. The van der Waals surface area contributed by atoms with E-state index in [0.29, 0.717) is 6.07 Å². The summed E-state index contributed by atoms with van der Waals surface area (Å²) in [4.78, 5) is 16.8. The van der Waals surface area contributed by atoms with Gasteiger partial charge in [0.15, 0.2) is 5.82 Å². The summed E-state index contributed by atoms with van der Waals surface area (Å²) in [7, 11) is 0. The van der Waals surface area contributed by atoms with Crippen LogP contribution in [0.2, 0.25) is 0 Å². The van der Waals surface area contributed by atoms with Gasteiger partial charge in [0, 0.05) is 6.07 Å². The smallest absolute Gasteiger partial charge is 0.305 e. The minimum atomic E-state index is -1.40. The number of hydrogen-bond acceptors (Lipinski definition) is 6. The van der Waals surface area contributed by atoms with Gasteiger partial charge in [-0.2, -0.15) is 9.65 Å². The third-order valence-electron chi connectivity index (χ3n) is 2.43. The molecule has 0 amide bonds. The molecule has 0 bridgehead atoms. The lowest BCUT2D eigenvalue weighted by molar-refractivity contribution is -0.387. The number of nitriles is 1. The van der Waals surface area contributed by atoms with Gasteiger partial charge < -0.3 is 5.73 Å². The summed E-state index contributed by atoms with van der Waals surface area (Å²) in [5, 5.41) is 19.3. The van der Waals surface area contributed by atoms with E-state index in [4.69, 9.17) is 11.0 Å². The van der Waals surface area contributed by atoms with Crippen LogP contribution in [0.3, 0.4) is 0 Å². The second-order valence-electron chi connectivity index (χ2n) is 3.62. The van der Waals surface area contributed by atoms with Crippen LogP contribution in [-0.4, -0.2) is 14.9 Å². The number of benzene rings is 1. The summed E-state index contributed by atoms with van der Waals surface area (Å²) in [5.74, 6) is -3.22. The molecule has 100 valence electrons. The highest BCUT2D eigenvalue weighted by Gasteiger charge is 2.24. The summed E-state index contributed by atoms with van der Waals surface area (Å²) in [6, 6.07) is 3.11. The average Bonchev–Trinajstić information content (AvgIpc) is 2.38. The largest absolute Gasteiger partial charge is 0.382 e. The van der Waals surface area contributed by atoms with E-state index in [1.54, 1.807) is 6.07 Å². The molecule has 0 aliphatic heterocycles. The van der Waals surface area contributed by atoms with Crippen LogP contribution in [0.5, 0.6) is 0 Å². The number of nitro benzene ring substituents is 1. The number of hydrogen-bond donors (Lipinski definition) is 1. The van der Waals surface area contributed by atoms with Crippen molar-refractivity contribution in [1.29, 1.82) is 5.26 Å². The second kappa shape index (κ2) is 4.85. The van der Waals surface area contributed by atoms with Gasteiger partial charge in [0.1, 0.15) is 23.3 Å². The Hall–Kier alpha value is -3.15. The Balaban J connectivity index is 2.70. The fourth-order valence-corrected chi connectivity index (χ4v) is 1.49. The van der Waals surface area contributed by atoms with Crippen molar-refractivity contribution < 1.29 is 13.7 Å². The minimum absolute atomic E-state index is 0.0694. The van der Waals surface area contributed by atoms with Crippen molar-refractivity contribution in [3.63, 3.8) is 0 Å². The maximum Gasteiger partial charge on any atom is 0.305 e. The number of halogens is 2. The van der Waals surface area contributed by atoms with Crippen LogP contribution in [0, 0.1) is 33.1 Å². The Morgan fingerprint density at radius 1 is 1.40 bits per heavy atom. The standard InChI is InChI=1S/C11H5F2N5O2/c12-6-1-2-7(18(19)20)9(13)8(6)11-16-4-5(3-14)10(15)17-11/h1-2,4H,(H2,15,16,17). The van der Waals surface area contributed by atoms with Crippen molar-refractivity contribution in [2.45, 2.75) is 0 Å². The van der Waals surface area contributed by atoms with Gasteiger partial charge >= 0.3 is 5.69 Å². The van der Waals surface area contributed by atoms with Crippen molar-refractivity contribution in [1.82, 2.24) is 9.97 Å². The molecular weight excluding hydrogens is 272 g/mol. The number of nitro groups is 1. The van der Waals surface area contributed by atoms with E-state index >= 15 is 0 Å². The average molecular weight is 277 g/mol. The van der Waals surface area contributed by atoms with Crippen molar-refractivity contribution in [3.05, 3.63) is 45.6 Å². The Bertz CT molecular complexity index is 757. The van der Waals surface area contributed by atoms with Gasteiger partial charge in [0.25, 0.3) is 0 Å². The first-order valence-electron chi connectivity index (χ1n) is 5.11. The number of nitrogens with two attached hydrogens (primary N) is 1. The maximum absolute atomic E-state index is 13.9. The van der Waals surface area contributed by atoms with E-state index in [0.717, 1.165) is 12.3 Å². The van der Waals surface area contributed by atoms with E-state index in [1.807, 2.05) is 0 Å². The van der Waals surface area contributed by atoms with Crippen LogP contribution in [0.15, 0.2) is 18.3 Å².